The fourth-order valence-corrected chi connectivity index (χ4v) is 3.55. The largest absolute Gasteiger partial charge is 0.457 e. The number of ether oxygens (including phenoxy) is 1. The lowest BCUT2D eigenvalue weighted by molar-refractivity contribution is -0.120. The summed E-state index contributed by atoms with van der Waals surface area (Å²) in [5.41, 5.74) is 9.16. The topological polar surface area (TPSA) is 55.6 Å². The Bertz CT molecular complexity index is 955. The Balaban J connectivity index is 1.65. The van der Waals surface area contributed by atoms with E-state index in [2.05, 4.69) is 0 Å². The average Bonchev–Trinajstić information content (AvgIpc) is 2.69. The quantitative estimate of drug-likeness (QED) is 0.749. The molecule has 3 aromatic rings. The minimum absolute atomic E-state index is 0.0458. The van der Waals surface area contributed by atoms with Crippen LogP contribution in [0.2, 0.25) is 0 Å². The Morgan fingerprint density at radius 1 is 0.963 bits per heavy atom. The summed E-state index contributed by atoms with van der Waals surface area (Å²) in [6.45, 7) is 2.02. The molecule has 0 unspecified atom stereocenters. The second-order valence-corrected chi connectivity index (χ2v) is 6.81. The summed E-state index contributed by atoms with van der Waals surface area (Å²) in [4.78, 5) is 14.7. The van der Waals surface area contributed by atoms with Gasteiger partial charge in [0, 0.05) is 5.69 Å². The van der Waals surface area contributed by atoms with Crippen molar-refractivity contribution < 1.29 is 9.53 Å². The van der Waals surface area contributed by atoms with Gasteiger partial charge in [0.15, 0.2) is 0 Å². The molecular formula is C23H22N2O2. The Morgan fingerprint density at radius 3 is 2.48 bits per heavy atom. The number of benzene rings is 3. The van der Waals surface area contributed by atoms with Crippen LogP contribution >= 0.6 is 0 Å². The zero-order chi connectivity index (χ0) is 18.8. The van der Waals surface area contributed by atoms with Crippen molar-refractivity contribution in [3.05, 3.63) is 90.0 Å². The Labute approximate surface area is 159 Å². The Morgan fingerprint density at radius 2 is 1.67 bits per heavy atom. The van der Waals surface area contributed by atoms with E-state index in [1.165, 1.54) is 0 Å². The zero-order valence-corrected chi connectivity index (χ0v) is 15.2. The molecule has 0 aromatic heterocycles. The number of carbonyl (C=O) groups is 1. The molecule has 0 bridgehead atoms. The number of nitrogens with zero attached hydrogens (tertiary/aromatic N) is 1. The molecule has 2 atom stereocenters. The van der Waals surface area contributed by atoms with Crippen molar-refractivity contribution in [3.8, 4) is 11.5 Å². The first-order valence-corrected chi connectivity index (χ1v) is 9.13. The number of fused-ring (bicyclic) bond motifs is 1. The van der Waals surface area contributed by atoms with Crippen LogP contribution < -0.4 is 15.4 Å². The standard InChI is InChI=1S/C23H22N2O2/c1-16(25-22-13-6-5-8-18(22)15-21(24)23(25)26)17-9-7-12-20(14-17)27-19-10-3-2-4-11-19/h2-14,16,21H,15,24H2,1H3/t16-,21+/m0/s1. The van der Waals surface area contributed by atoms with Gasteiger partial charge in [-0.1, -0.05) is 48.5 Å². The fourth-order valence-electron chi connectivity index (χ4n) is 3.55. The number of anilines is 1. The van der Waals surface area contributed by atoms with Crippen LogP contribution in [0.4, 0.5) is 5.69 Å². The smallest absolute Gasteiger partial charge is 0.244 e. The third kappa shape index (κ3) is 3.44. The van der Waals surface area contributed by atoms with Crippen molar-refractivity contribution in [2.75, 3.05) is 4.90 Å². The molecule has 3 aromatic carbocycles. The van der Waals surface area contributed by atoms with Crippen LogP contribution in [0, 0.1) is 0 Å². The van der Waals surface area contributed by atoms with E-state index in [9.17, 15) is 4.79 Å². The molecule has 4 rings (SSSR count). The van der Waals surface area contributed by atoms with Gasteiger partial charge in [-0.2, -0.15) is 0 Å². The van der Waals surface area contributed by atoms with E-state index in [4.69, 9.17) is 10.5 Å². The Kier molecular flexibility index (Phi) is 4.65. The molecule has 4 heteroatoms. The summed E-state index contributed by atoms with van der Waals surface area (Å²) in [5.74, 6) is 1.48. The second-order valence-electron chi connectivity index (χ2n) is 6.81. The molecule has 0 aliphatic carbocycles. The van der Waals surface area contributed by atoms with E-state index >= 15 is 0 Å². The average molecular weight is 358 g/mol. The van der Waals surface area contributed by atoms with Crippen molar-refractivity contribution >= 4 is 11.6 Å². The lowest BCUT2D eigenvalue weighted by Gasteiger charge is -2.37. The predicted molar refractivity (Wildman–Crippen MR) is 107 cm³/mol. The maximum atomic E-state index is 12.8. The molecular weight excluding hydrogens is 336 g/mol. The lowest BCUT2D eigenvalue weighted by atomic mass is 9.94. The summed E-state index contributed by atoms with van der Waals surface area (Å²) >= 11 is 0. The van der Waals surface area contributed by atoms with Crippen LogP contribution in [0.3, 0.4) is 0 Å². The highest BCUT2D eigenvalue weighted by atomic mass is 16.5. The summed E-state index contributed by atoms with van der Waals surface area (Å²) in [5, 5.41) is 0. The first kappa shape index (κ1) is 17.3. The maximum Gasteiger partial charge on any atom is 0.244 e. The van der Waals surface area contributed by atoms with Crippen LogP contribution in [0.25, 0.3) is 0 Å². The van der Waals surface area contributed by atoms with Crippen molar-refractivity contribution in [2.24, 2.45) is 5.73 Å². The molecule has 2 N–H and O–H groups in total. The zero-order valence-electron chi connectivity index (χ0n) is 15.2. The predicted octanol–water partition coefficient (Wildman–Crippen LogP) is 4.46. The van der Waals surface area contributed by atoms with E-state index < -0.39 is 6.04 Å². The summed E-state index contributed by atoms with van der Waals surface area (Å²) in [6, 6.07) is 24.8. The molecule has 4 nitrogen and oxygen atoms in total. The molecule has 0 radical (unpaired) electrons. The van der Waals surface area contributed by atoms with Crippen molar-refractivity contribution in [2.45, 2.75) is 25.4 Å². The van der Waals surface area contributed by atoms with Gasteiger partial charge in [-0.25, -0.2) is 0 Å². The van der Waals surface area contributed by atoms with Gasteiger partial charge in [-0.3, -0.25) is 4.79 Å². The number of carbonyl (C=O) groups excluding carboxylic acids is 1. The molecule has 1 aliphatic heterocycles. The minimum Gasteiger partial charge on any atom is -0.457 e. The molecule has 136 valence electrons. The molecule has 0 spiro atoms. The molecule has 1 heterocycles. The third-order valence-electron chi connectivity index (χ3n) is 4.95. The lowest BCUT2D eigenvalue weighted by Crippen LogP contribution is -2.49. The van der Waals surface area contributed by atoms with E-state index in [0.29, 0.717) is 6.42 Å². The van der Waals surface area contributed by atoms with Gasteiger partial charge in [0.05, 0.1) is 12.1 Å². The van der Waals surface area contributed by atoms with E-state index in [1.54, 1.807) is 0 Å². The van der Waals surface area contributed by atoms with E-state index in [-0.39, 0.29) is 11.9 Å². The summed E-state index contributed by atoms with van der Waals surface area (Å²) < 4.78 is 5.95. The van der Waals surface area contributed by atoms with Gasteiger partial charge in [0.1, 0.15) is 11.5 Å². The minimum atomic E-state index is -0.508. The summed E-state index contributed by atoms with van der Waals surface area (Å²) in [7, 11) is 0. The van der Waals surface area contributed by atoms with Crippen LogP contribution in [0.1, 0.15) is 24.1 Å². The first-order chi connectivity index (χ1) is 13.1. The SMILES string of the molecule is C[C@@H](c1cccc(Oc2ccccc2)c1)N1C(=O)[C@H](N)Cc2ccccc21. The molecule has 0 saturated heterocycles. The van der Waals surface area contributed by atoms with Gasteiger partial charge < -0.3 is 15.4 Å². The van der Waals surface area contributed by atoms with Crippen molar-refractivity contribution in [3.63, 3.8) is 0 Å². The molecule has 0 fully saturated rings. The molecule has 1 amide bonds. The van der Waals surface area contributed by atoms with Crippen molar-refractivity contribution in [1.82, 2.24) is 0 Å². The maximum absolute atomic E-state index is 12.8. The number of nitrogens with two attached hydrogens (primary N) is 1. The van der Waals surface area contributed by atoms with Crippen LogP contribution in [0.15, 0.2) is 78.9 Å². The van der Waals surface area contributed by atoms with E-state index in [1.807, 2.05) is 90.7 Å². The summed E-state index contributed by atoms with van der Waals surface area (Å²) in [6.07, 6.45) is 0.579. The van der Waals surface area contributed by atoms with Gasteiger partial charge in [0.25, 0.3) is 0 Å². The van der Waals surface area contributed by atoms with Gasteiger partial charge in [0.2, 0.25) is 5.91 Å². The number of rotatable bonds is 4. The van der Waals surface area contributed by atoms with E-state index in [0.717, 1.165) is 28.3 Å². The van der Waals surface area contributed by atoms with Gasteiger partial charge >= 0.3 is 0 Å². The second kappa shape index (κ2) is 7.25. The van der Waals surface area contributed by atoms with Crippen LogP contribution in [-0.2, 0) is 11.2 Å². The number of hydrogen-bond donors (Lipinski definition) is 1. The van der Waals surface area contributed by atoms with Crippen molar-refractivity contribution in [1.29, 1.82) is 0 Å². The fraction of sp³-hybridized carbons (Fsp3) is 0.174. The number of para-hydroxylation sites is 2. The Hall–Kier alpha value is -3.11. The highest BCUT2D eigenvalue weighted by Gasteiger charge is 2.33. The van der Waals surface area contributed by atoms with Gasteiger partial charge in [-0.05, 0) is 54.8 Å². The normalized spacial score (nSPS) is 17.3. The first-order valence-electron chi connectivity index (χ1n) is 9.13. The van der Waals surface area contributed by atoms with Gasteiger partial charge in [-0.15, -0.1) is 0 Å². The van der Waals surface area contributed by atoms with Crippen LogP contribution in [-0.4, -0.2) is 11.9 Å². The highest BCUT2D eigenvalue weighted by molar-refractivity contribution is 6.00. The monoisotopic (exact) mass is 358 g/mol. The number of hydrogen-bond acceptors (Lipinski definition) is 3. The van der Waals surface area contributed by atoms with Crippen LogP contribution in [0.5, 0.6) is 11.5 Å². The molecule has 1 aliphatic rings. The third-order valence-corrected chi connectivity index (χ3v) is 4.95. The highest BCUT2D eigenvalue weighted by Crippen LogP contribution is 2.35. The molecule has 0 saturated carbocycles. The number of amides is 1. The molecule has 27 heavy (non-hydrogen) atoms.